The molecule has 2 N–H and O–H groups in total. The molecule has 0 radical (unpaired) electrons. The van der Waals surface area contributed by atoms with Gasteiger partial charge in [0.2, 0.25) is 0 Å². The Morgan fingerprint density at radius 3 is 2.88 bits per heavy atom. The maximum absolute atomic E-state index is 11.6. The van der Waals surface area contributed by atoms with Gasteiger partial charge in [-0.15, -0.1) is 0 Å². The fourth-order valence-electron chi connectivity index (χ4n) is 1.61. The number of rotatable bonds is 6. The molecule has 0 aliphatic rings. The molecule has 0 spiro atoms. The summed E-state index contributed by atoms with van der Waals surface area (Å²) < 4.78 is 6.96. The molecule has 1 rings (SSSR count). The average Bonchev–Trinajstić information content (AvgIpc) is 2.74. The Bertz CT molecular complexity index is 372. The van der Waals surface area contributed by atoms with Crippen molar-refractivity contribution in [3.05, 3.63) is 18.2 Å². The number of carbonyl (C=O) groups excluding carboxylic acids is 1. The Labute approximate surface area is 102 Å². The second-order valence-corrected chi connectivity index (χ2v) is 4.28. The molecule has 1 aromatic heterocycles. The summed E-state index contributed by atoms with van der Waals surface area (Å²) in [6.07, 6.45) is 5.07. The maximum Gasteiger partial charge on any atom is 0.325 e. The third-order valence-electron chi connectivity index (χ3n) is 2.73. The molecule has 1 atom stereocenters. The summed E-state index contributed by atoms with van der Waals surface area (Å²) >= 11 is 0. The molecule has 0 saturated carbocycles. The van der Waals surface area contributed by atoms with Gasteiger partial charge >= 0.3 is 5.97 Å². The number of aromatic nitrogens is 2. The highest BCUT2D eigenvalue weighted by molar-refractivity contribution is 5.79. The van der Waals surface area contributed by atoms with Crippen LogP contribution < -0.4 is 5.73 Å². The van der Waals surface area contributed by atoms with Gasteiger partial charge in [0.05, 0.1) is 6.61 Å². The Balaban J connectivity index is 2.57. The Kier molecular flexibility index (Phi) is 4.69. The molecule has 0 aliphatic carbocycles. The number of imidazole rings is 1. The Morgan fingerprint density at radius 2 is 2.29 bits per heavy atom. The van der Waals surface area contributed by atoms with Crippen LogP contribution in [0.1, 0.15) is 33.0 Å². The van der Waals surface area contributed by atoms with Crippen LogP contribution in [0, 0.1) is 0 Å². The molecular weight excluding hydrogens is 218 g/mol. The highest BCUT2D eigenvalue weighted by Crippen LogP contribution is 2.11. The van der Waals surface area contributed by atoms with Gasteiger partial charge in [0.15, 0.2) is 0 Å². The molecule has 5 heteroatoms. The van der Waals surface area contributed by atoms with E-state index in [-0.39, 0.29) is 5.97 Å². The van der Waals surface area contributed by atoms with Crippen molar-refractivity contribution in [1.29, 1.82) is 0 Å². The van der Waals surface area contributed by atoms with Crippen LogP contribution >= 0.6 is 0 Å². The smallest absolute Gasteiger partial charge is 0.325 e. The fraction of sp³-hybridized carbons (Fsp3) is 0.667. The minimum absolute atomic E-state index is 0.349. The van der Waals surface area contributed by atoms with Gasteiger partial charge in [-0.25, -0.2) is 4.98 Å². The zero-order valence-electron chi connectivity index (χ0n) is 10.8. The molecule has 0 saturated heterocycles. The summed E-state index contributed by atoms with van der Waals surface area (Å²) in [5, 5.41) is 0. The van der Waals surface area contributed by atoms with Crippen molar-refractivity contribution in [2.75, 3.05) is 6.61 Å². The zero-order valence-corrected chi connectivity index (χ0v) is 10.8. The van der Waals surface area contributed by atoms with Crippen LogP contribution in [-0.4, -0.2) is 27.7 Å². The van der Waals surface area contributed by atoms with Crippen LogP contribution in [0.2, 0.25) is 0 Å². The van der Waals surface area contributed by atoms with Crippen LogP contribution in [0.5, 0.6) is 0 Å². The number of ether oxygens (including phenoxy) is 1. The van der Waals surface area contributed by atoms with Crippen LogP contribution in [0.4, 0.5) is 0 Å². The third kappa shape index (κ3) is 3.56. The number of nitrogens with two attached hydrogens (primary N) is 1. The van der Waals surface area contributed by atoms with Crippen molar-refractivity contribution in [1.82, 2.24) is 9.55 Å². The fourth-order valence-corrected chi connectivity index (χ4v) is 1.61. The predicted octanol–water partition coefficient (Wildman–Crippen LogP) is 1.12. The van der Waals surface area contributed by atoms with E-state index < -0.39 is 5.54 Å². The van der Waals surface area contributed by atoms with Gasteiger partial charge in [-0.05, 0) is 20.3 Å². The summed E-state index contributed by atoms with van der Waals surface area (Å²) in [7, 11) is 0. The minimum atomic E-state index is -0.939. The molecule has 17 heavy (non-hydrogen) atoms. The lowest BCUT2D eigenvalue weighted by molar-refractivity contribution is -0.149. The number of carbonyl (C=O) groups is 1. The van der Waals surface area contributed by atoms with E-state index in [0.717, 1.165) is 12.2 Å². The van der Waals surface area contributed by atoms with E-state index in [2.05, 4.69) is 4.98 Å². The highest BCUT2D eigenvalue weighted by Gasteiger charge is 2.29. The Hall–Kier alpha value is -1.36. The van der Waals surface area contributed by atoms with Crippen molar-refractivity contribution < 1.29 is 9.53 Å². The van der Waals surface area contributed by atoms with Gasteiger partial charge in [0.25, 0.3) is 0 Å². The molecule has 1 heterocycles. The molecule has 1 aromatic rings. The monoisotopic (exact) mass is 239 g/mol. The number of esters is 1. The highest BCUT2D eigenvalue weighted by atomic mass is 16.5. The molecule has 1 unspecified atom stereocenters. The van der Waals surface area contributed by atoms with E-state index in [0.29, 0.717) is 19.6 Å². The molecule has 5 nitrogen and oxygen atoms in total. The van der Waals surface area contributed by atoms with Crippen molar-refractivity contribution in [3.63, 3.8) is 0 Å². The first-order valence-corrected chi connectivity index (χ1v) is 5.97. The topological polar surface area (TPSA) is 70.1 Å². The van der Waals surface area contributed by atoms with Crippen LogP contribution in [-0.2, 0) is 22.5 Å². The van der Waals surface area contributed by atoms with Gasteiger partial charge in [0, 0.05) is 25.4 Å². The lowest BCUT2D eigenvalue weighted by Crippen LogP contribution is -2.46. The normalized spacial score (nSPS) is 14.4. The molecule has 0 aliphatic heterocycles. The average molecular weight is 239 g/mol. The largest absolute Gasteiger partial charge is 0.465 e. The van der Waals surface area contributed by atoms with Gasteiger partial charge in [-0.3, -0.25) is 4.79 Å². The van der Waals surface area contributed by atoms with Crippen molar-refractivity contribution in [2.24, 2.45) is 5.73 Å². The summed E-state index contributed by atoms with van der Waals surface area (Å²) in [4.78, 5) is 15.8. The van der Waals surface area contributed by atoms with E-state index in [9.17, 15) is 4.79 Å². The van der Waals surface area contributed by atoms with E-state index in [1.165, 1.54) is 0 Å². The minimum Gasteiger partial charge on any atom is -0.465 e. The van der Waals surface area contributed by atoms with Crippen LogP contribution in [0.15, 0.2) is 12.4 Å². The summed E-state index contributed by atoms with van der Waals surface area (Å²) in [5.41, 5.74) is 5.01. The van der Waals surface area contributed by atoms with E-state index in [4.69, 9.17) is 10.5 Å². The first-order valence-electron chi connectivity index (χ1n) is 5.97. The molecule has 0 amide bonds. The summed E-state index contributed by atoms with van der Waals surface area (Å²) in [6, 6.07) is 0. The molecule has 0 bridgehead atoms. The number of nitrogens with zero attached hydrogens (tertiary/aromatic N) is 2. The second-order valence-electron chi connectivity index (χ2n) is 4.28. The number of aryl methyl sites for hydroxylation is 2. The molecule has 96 valence electrons. The molecule has 0 aromatic carbocycles. The third-order valence-corrected chi connectivity index (χ3v) is 2.73. The van der Waals surface area contributed by atoms with Gasteiger partial charge in [-0.2, -0.15) is 0 Å². The van der Waals surface area contributed by atoms with Crippen molar-refractivity contribution in [2.45, 2.75) is 45.7 Å². The standard InChI is InChI=1S/C12H21N3O2/c1-4-10-14-7-9-15(10)8-6-12(3,13)11(16)17-5-2/h7,9H,4-6,8,13H2,1-3H3. The zero-order chi connectivity index (χ0) is 12.9. The molecular formula is C12H21N3O2. The van der Waals surface area contributed by atoms with Crippen LogP contribution in [0.25, 0.3) is 0 Å². The quantitative estimate of drug-likeness (QED) is 0.755. The summed E-state index contributed by atoms with van der Waals surface area (Å²) in [6.45, 7) is 6.56. The van der Waals surface area contributed by atoms with Gasteiger partial charge < -0.3 is 15.0 Å². The molecule has 0 fully saturated rings. The van der Waals surface area contributed by atoms with Gasteiger partial charge in [0.1, 0.15) is 11.4 Å². The number of hydrogen-bond donors (Lipinski definition) is 1. The summed E-state index contributed by atoms with van der Waals surface area (Å²) in [5.74, 6) is 0.655. The van der Waals surface area contributed by atoms with E-state index in [1.54, 1.807) is 20.0 Å². The lowest BCUT2D eigenvalue weighted by atomic mass is 9.99. The maximum atomic E-state index is 11.6. The SMILES string of the molecule is CCOC(=O)C(C)(N)CCn1ccnc1CC. The predicted molar refractivity (Wildman–Crippen MR) is 65.4 cm³/mol. The van der Waals surface area contributed by atoms with Gasteiger partial charge in [-0.1, -0.05) is 6.92 Å². The van der Waals surface area contributed by atoms with Crippen LogP contribution in [0.3, 0.4) is 0 Å². The lowest BCUT2D eigenvalue weighted by Gasteiger charge is -2.22. The van der Waals surface area contributed by atoms with E-state index >= 15 is 0 Å². The second kappa shape index (κ2) is 5.82. The Morgan fingerprint density at radius 1 is 1.59 bits per heavy atom. The van der Waals surface area contributed by atoms with E-state index in [1.807, 2.05) is 17.7 Å². The number of hydrogen-bond acceptors (Lipinski definition) is 4. The first kappa shape index (κ1) is 13.7. The first-order chi connectivity index (χ1) is 8.01. The van der Waals surface area contributed by atoms with Crippen molar-refractivity contribution in [3.8, 4) is 0 Å². The van der Waals surface area contributed by atoms with Crippen molar-refractivity contribution >= 4 is 5.97 Å².